The molecule has 1 aromatic heterocycles. The van der Waals surface area contributed by atoms with Crippen molar-refractivity contribution in [1.29, 1.82) is 0 Å². The molecule has 0 aliphatic heterocycles. The van der Waals surface area contributed by atoms with Crippen LogP contribution in [0, 0.1) is 10.1 Å². The van der Waals surface area contributed by atoms with Gasteiger partial charge in [-0.3, -0.25) is 19.6 Å². The number of amides is 2. The highest BCUT2D eigenvalue weighted by molar-refractivity contribution is 8.12. The van der Waals surface area contributed by atoms with Gasteiger partial charge in [0, 0.05) is 34.8 Å². The van der Waals surface area contributed by atoms with Gasteiger partial charge in [0.1, 0.15) is 5.52 Å². The Kier molecular flexibility index (Phi) is 6.97. The maximum atomic E-state index is 12.3. The van der Waals surface area contributed by atoms with Crippen LogP contribution >= 0.6 is 11.9 Å². The van der Waals surface area contributed by atoms with Gasteiger partial charge >= 0.3 is 11.7 Å². The molecule has 3 aromatic carbocycles. The zero-order valence-corrected chi connectivity index (χ0v) is 19.5. The summed E-state index contributed by atoms with van der Waals surface area (Å²) in [6.45, 7) is 2.07. The first-order chi connectivity index (χ1) is 16.9. The highest BCUT2D eigenvalue weighted by Gasteiger charge is 2.19. The maximum absolute atomic E-state index is 12.3. The minimum absolute atomic E-state index is 0.0363. The second-order valence-electron chi connectivity index (χ2n) is 7.34. The molecule has 0 saturated carbocycles. The Bertz CT molecular complexity index is 1420. The summed E-state index contributed by atoms with van der Waals surface area (Å²) in [5.74, 6) is 0.508. The molecule has 2 N–H and O–H groups in total. The zero-order chi connectivity index (χ0) is 24.9. The minimum Gasteiger partial charge on any atom is -0.490 e. The summed E-state index contributed by atoms with van der Waals surface area (Å²) >= 11 is 0.507. The Balaban J connectivity index is 1.36. The van der Waals surface area contributed by atoms with E-state index in [-0.39, 0.29) is 17.0 Å². The molecule has 11 heteroatoms. The first kappa shape index (κ1) is 23.8. The number of aryl methyl sites for hydroxylation is 1. The van der Waals surface area contributed by atoms with Crippen LogP contribution in [0.5, 0.6) is 5.75 Å². The van der Waals surface area contributed by atoms with E-state index in [9.17, 15) is 19.7 Å². The topological polar surface area (TPSA) is 137 Å². The second kappa shape index (κ2) is 10.3. The van der Waals surface area contributed by atoms with Crippen molar-refractivity contribution in [3.63, 3.8) is 0 Å². The van der Waals surface area contributed by atoms with Crippen molar-refractivity contribution in [1.82, 2.24) is 9.71 Å². The lowest BCUT2D eigenvalue weighted by Gasteiger charge is -2.07. The summed E-state index contributed by atoms with van der Waals surface area (Å²) < 4.78 is 13.1. The molecule has 0 atom stereocenters. The molecule has 2 amide bonds. The second-order valence-corrected chi connectivity index (χ2v) is 8.12. The third-order valence-corrected chi connectivity index (χ3v) is 5.81. The number of nitrogens with zero attached hydrogens (tertiary/aromatic N) is 2. The summed E-state index contributed by atoms with van der Waals surface area (Å²) in [4.78, 5) is 39.5. The highest BCUT2D eigenvalue weighted by Crippen LogP contribution is 2.29. The first-order valence-corrected chi connectivity index (χ1v) is 11.3. The molecule has 35 heavy (non-hydrogen) atoms. The Morgan fingerprint density at radius 1 is 1.11 bits per heavy atom. The number of fused-ring (bicyclic) bond motifs is 1. The fourth-order valence-electron chi connectivity index (χ4n) is 3.28. The highest BCUT2D eigenvalue weighted by atomic mass is 32.2. The lowest BCUT2D eigenvalue weighted by atomic mass is 10.1. The molecular weight excluding hydrogens is 472 g/mol. The van der Waals surface area contributed by atoms with E-state index >= 15 is 0 Å². The summed E-state index contributed by atoms with van der Waals surface area (Å²) in [6.07, 6.45) is 0.907. The van der Waals surface area contributed by atoms with Crippen molar-refractivity contribution in [2.24, 2.45) is 0 Å². The van der Waals surface area contributed by atoms with Crippen LogP contribution in [0.1, 0.15) is 22.8 Å². The Morgan fingerprint density at radius 3 is 2.57 bits per heavy atom. The van der Waals surface area contributed by atoms with Crippen molar-refractivity contribution in [3.8, 4) is 17.2 Å². The Morgan fingerprint density at radius 2 is 1.89 bits per heavy atom. The largest absolute Gasteiger partial charge is 0.490 e. The predicted octanol–water partition coefficient (Wildman–Crippen LogP) is 5.58. The van der Waals surface area contributed by atoms with Gasteiger partial charge in [-0.15, -0.1) is 0 Å². The fourth-order valence-corrected chi connectivity index (χ4v) is 3.76. The number of benzene rings is 3. The van der Waals surface area contributed by atoms with Gasteiger partial charge in [-0.05, 0) is 60.5 Å². The molecule has 0 spiro atoms. The van der Waals surface area contributed by atoms with Crippen LogP contribution in [0.25, 0.3) is 22.6 Å². The average Bonchev–Trinajstić information content (AvgIpc) is 3.30. The average molecular weight is 493 g/mol. The number of methoxy groups -OCH3 is 1. The number of ether oxygens (including phenoxy) is 1. The molecule has 0 aliphatic rings. The molecular formula is C24H20N4O6S. The first-order valence-electron chi connectivity index (χ1n) is 10.5. The summed E-state index contributed by atoms with van der Waals surface area (Å²) in [5.41, 5.74) is 3.60. The normalized spacial score (nSPS) is 10.7. The van der Waals surface area contributed by atoms with Gasteiger partial charge in [0.2, 0.25) is 11.0 Å². The number of aromatic nitrogens is 1. The van der Waals surface area contributed by atoms with Crippen LogP contribution in [-0.4, -0.2) is 28.2 Å². The van der Waals surface area contributed by atoms with Crippen LogP contribution in [0.3, 0.4) is 0 Å². The molecule has 0 fully saturated rings. The van der Waals surface area contributed by atoms with Crippen LogP contribution in [0.15, 0.2) is 65.1 Å². The van der Waals surface area contributed by atoms with Gasteiger partial charge in [-0.2, -0.15) is 0 Å². The van der Waals surface area contributed by atoms with Crippen molar-refractivity contribution in [2.45, 2.75) is 13.3 Å². The molecule has 178 valence electrons. The summed E-state index contributed by atoms with van der Waals surface area (Å²) in [7, 11) is 1.30. The smallest absolute Gasteiger partial charge is 0.329 e. The lowest BCUT2D eigenvalue weighted by molar-refractivity contribution is -0.385. The minimum atomic E-state index is -0.645. The number of nitrogens with one attached hydrogen (secondary N) is 2. The Labute approximate surface area is 204 Å². The third kappa shape index (κ3) is 5.41. The molecule has 0 saturated heterocycles. The van der Waals surface area contributed by atoms with Crippen molar-refractivity contribution < 1.29 is 23.7 Å². The van der Waals surface area contributed by atoms with E-state index in [1.165, 1.54) is 24.8 Å². The quantitative estimate of drug-likeness (QED) is 0.202. The van der Waals surface area contributed by atoms with E-state index in [0.29, 0.717) is 29.1 Å². The van der Waals surface area contributed by atoms with E-state index in [0.717, 1.165) is 23.6 Å². The number of hydrogen-bond donors (Lipinski definition) is 2. The number of nitro benzene ring substituents is 1. The number of urea groups is 1. The number of nitro groups is 1. The van der Waals surface area contributed by atoms with E-state index in [4.69, 9.17) is 9.15 Å². The molecule has 1 heterocycles. The van der Waals surface area contributed by atoms with E-state index in [1.807, 2.05) is 18.2 Å². The number of anilines is 1. The molecule has 4 rings (SSSR count). The fraction of sp³-hybridized carbons (Fsp3) is 0.125. The maximum Gasteiger partial charge on any atom is 0.329 e. The van der Waals surface area contributed by atoms with Gasteiger partial charge in [0.25, 0.3) is 0 Å². The molecule has 10 nitrogen and oxygen atoms in total. The lowest BCUT2D eigenvalue weighted by Crippen LogP contribution is -2.24. The number of oxazole rings is 1. The van der Waals surface area contributed by atoms with Crippen LogP contribution in [0.4, 0.5) is 16.2 Å². The van der Waals surface area contributed by atoms with Gasteiger partial charge in [0.05, 0.1) is 12.0 Å². The molecule has 0 radical (unpaired) electrons. The summed E-state index contributed by atoms with van der Waals surface area (Å²) in [6, 6.07) is 15.9. The number of carbonyl (C=O) groups excluding carboxylic acids is 2. The monoisotopic (exact) mass is 492 g/mol. The molecule has 0 unspecified atom stereocenters. The van der Waals surface area contributed by atoms with Crippen LogP contribution in [0.2, 0.25) is 0 Å². The molecule has 0 aliphatic carbocycles. The van der Waals surface area contributed by atoms with E-state index < -0.39 is 16.1 Å². The Hall–Kier alpha value is -4.38. The van der Waals surface area contributed by atoms with E-state index in [1.54, 1.807) is 24.3 Å². The number of rotatable bonds is 6. The van der Waals surface area contributed by atoms with Gasteiger partial charge in [-0.1, -0.05) is 13.0 Å². The van der Waals surface area contributed by atoms with Crippen LogP contribution in [-0.2, 0) is 6.42 Å². The van der Waals surface area contributed by atoms with Crippen molar-refractivity contribution in [2.75, 3.05) is 12.4 Å². The van der Waals surface area contributed by atoms with Gasteiger partial charge in [0.15, 0.2) is 11.3 Å². The number of hydrogen-bond acceptors (Lipinski definition) is 8. The van der Waals surface area contributed by atoms with Crippen molar-refractivity contribution in [3.05, 3.63) is 81.9 Å². The van der Waals surface area contributed by atoms with Crippen molar-refractivity contribution >= 4 is 45.6 Å². The van der Waals surface area contributed by atoms with Gasteiger partial charge < -0.3 is 14.5 Å². The number of carbonyl (C=O) groups is 2. The predicted molar refractivity (Wildman–Crippen MR) is 133 cm³/mol. The van der Waals surface area contributed by atoms with Crippen LogP contribution < -0.4 is 14.8 Å². The zero-order valence-electron chi connectivity index (χ0n) is 18.7. The molecule has 4 aromatic rings. The third-order valence-electron chi connectivity index (χ3n) is 5.10. The standard InChI is InChI=1S/C24H20N4O6S/c1-3-14-4-10-20-18(12-14)26-22(34-20)15-5-8-17(9-6-15)25-24(30)27-35-23(29)16-7-11-21(33-2)19(13-16)28(31)32/h4-13H,3H2,1-2H3,(H2,25,27,30). The SMILES string of the molecule is CCc1ccc2oc(-c3ccc(NC(=O)NSC(=O)c4ccc(OC)c([N+](=O)[O-])c4)cc3)nc2c1. The van der Waals surface area contributed by atoms with Gasteiger partial charge in [-0.25, -0.2) is 9.78 Å². The summed E-state index contributed by atoms with van der Waals surface area (Å²) in [5, 5.41) is 13.2. The van der Waals surface area contributed by atoms with E-state index in [2.05, 4.69) is 21.9 Å². The molecule has 0 bridgehead atoms.